The average molecular weight is 537 g/mol. The number of carbonyl (C=O) groups is 1. The first-order valence-electron chi connectivity index (χ1n) is 10.3. The van der Waals surface area contributed by atoms with Crippen LogP contribution in [0.3, 0.4) is 0 Å². The Bertz CT molecular complexity index is 990. The molecule has 166 valence electrons. The van der Waals surface area contributed by atoms with Crippen molar-refractivity contribution < 1.29 is 9.18 Å². The monoisotopic (exact) mass is 537 g/mol. The number of guanidine groups is 1. The third kappa shape index (κ3) is 7.54. The molecule has 4 N–H and O–H groups in total. The van der Waals surface area contributed by atoms with E-state index in [1.165, 1.54) is 6.07 Å². The highest BCUT2D eigenvalue weighted by Crippen LogP contribution is 2.19. The molecular formula is C23H29FIN5O. The SMILES string of the molecule is CCNC(=NCCCNC(=O)c1ccccc1)NCCc1c[nH]c2ccc(F)cc12.I. The van der Waals surface area contributed by atoms with E-state index in [9.17, 15) is 9.18 Å². The second kappa shape index (κ2) is 12.9. The maximum absolute atomic E-state index is 13.5. The van der Waals surface area contributed by atoms with Crippen molar-refractivity contribution in [2.24, 2.45) is 4.99 Å². The van der Waals surface area contributed by atoms with E-state index in [2.05, 4.69) is 25.9 Å². The van der Waals surface area contributed by atoms with E-state index in [1.54, 1.807) is 24.3 Å². The van der Waals surface area contributed by atoms with Crippen molar-refractivity contribution in [1.82, 2.24) is 20.9 Å². The highest BCUT2D eigenvalue weighted by atomic mass is 127. The van der Waals surface area contributed by atoms with Crippen LogP contribution in [0.4, 0.5) is 4.39 Å². The van der Waals surface area contributed by atoms with Crippen LogP contribution in [0, 0.1) is 5.82 Å². The first kappa shape index (κ1) is 24.6. The van der Waals surface area contributed by atoms with Crippen molar-refractivity contribution in [3.63, 3.8) is 0 Å². The van der Waals surface area contributed by atoms with Gasteiger partial charge in [0.15, 0.2) is 5.96 Å². The number of hydrogen-bond donors (Lipinski definition) is 4. The predicted octanol–water partition coefficient (Wildman–Crippen LogP) is 3.84. The Balaban J connectivity index is 0.00000341. The number of H-pyrrole nitrogens is 1. The molecule has 1 amide bonds. The largest absolute Gasteiger partial charge is 0.361 e. The zero-order chi connectivity index (χ0) is 21.2. The van der Waals surface area contributed by atoms with Gasteiger partial charge < -0.3 is 20.9 Å². The van der Waals surface area contributed by atoms with Crippen molar-refractivity contribution in [2.75, 3.05) is 26.2 Å². The van der Waals surface area contributed by atoms with Gasteiger partial charge in [0.25, 0.3) is 5.91 Å². The molecule has 0 aliphatic rings. The van der Waals surface area contributed by atoms with E-state index in [0.29, 0.717) is 25.2 Å². The number of aromatic nitrogens is 1. The van der Waals surface area contributed by atoms with E-state index >= 15 is 0 Å². The summed E-state index contributed by atoms with van der Waals surface area (Å²) in [5.41, 5.74) is 2.66. The van der Waals surface area contributed by atoms with E-state index in [0.717, 1.165) is 41.8 Å². The summed E-state index contributed by atoms with van der Waals surface area (Å²) < 4.78 is 13.5. The summed E-state index contributed by atoms with van der Waals surface area (Å²) in [5.74, 6) is 0.434. The summed E-state index contributed by atoms with van der Waals surface area (Å²) in [4.78, 5) is 19.7. The lowest BCUT2D eigenvalue weighted by Gasteiger charge is -2.11. The molecule has 0 aliphatic heterocycles. The van der Waals surface area contributed by atoms with Crippen LogP contribution in [-0.4, -0.2) is 43.0 Å². The topological polar surface area (TPSA) is 81.3 Å². The fraction of sp³-hybridized carbons (Fsp3) is 0.304. The van der Waals surface area contributed by atoms with Crippen LogP contribution < -0.4 is 16.0 Å². The molecule has 0 saturated heterocycles. The molecule has 2 aromatic carbocycles. The van der Waals surface area contributed by atoms with Crippen molar-refractivity contribution >= 4 is 46.7 Å². The van der Waals surface area contributed by atoms with Crippen LogP contribution in [0.15, 0.2) is 59.7 Å². The Morgan fingerprint density at radius 3 is 2.65 bits per heavy atom. The third-order valence-corrected chi connectivity index (χ3v) is 4.69. The Morgan fingerprint density at radius 2 is 1.87 bits per heavy atom. The third-order valence-electron chi connectivity index (χ3n) is 4.69. The molecule has 0 atom stereocenters. The average Bonchev–Trinajstić information content (AvgIpc) is 3.16. The molecule has 0 saturated carbocycles. The van der Waals surface area contributed by atoms with Crippen LogP contribution in [-0.2, 0) is 6.42 Å². The highest BCUT2D eigenvalue weighted by molar-refractivity contribution is 14.0. The van der Waals surface area contributed by atoms with Crippen LogP contribution in [0.5, 0.6) is 0 Å². The number of carbonyl (C=O) groups excluding carboxylic acids is 1. The van der Waals surface area contributed by atoms with Gasteiger partial charge in [-0.1, -0.05) is 18.2 Å². The number of aromatic amines is 1. The van der Waals surface area contributed by atoms with Gasteiger partial charge in [-0.3, -0.25) is 9.79 Å². The van der Waals surface area contributed by atoms with E-state index in [4.69, 9.17) is 0 Å². The molecular weight excluding hydrogens is 508 g/mol. The minimum Gasteiger partial charge on any atom is -0.361 e. The molecule has 1 heterocycles. The Labute approximate surface area is 199 Å². The minimum atomic E-state index is -0.231. The molecule has 3 aromatic rings. The van der Waals surface area contributed by atoms with Gasteiger partial charge in [-0.05, 0) is 55.7 Å². The van der Waals surface area contributed by atoms with Crippen LogP contribution >= 0.6 is 24.0 Å². The molecule has 0 spiro atoms. The van der Waals surface area contributed by atoms with Crippen LogP contribution in [0.2, 0.25) is 0 Å². The van der Waals surface area contributed by atoms with Crippen molar-refractivity contribution in [2.45, 2.75) is 19.8 Å². The molecule has 0 aliphatic carbocycles. The van der Waals surface area contributed by atoms with E-state index in [1.807, 2.05) is 31.3 Å². The minimum absolute atomic E-state index is 0. The number of amides is 1. The lowest BCUT2D eigenvalue weighted by atomic mass is 10.1. The van der Waals surface area contributed by atoms with Gasteiger partial charge in [-0.15, -0.1) is 24.0 Å². The highest BCUT2D eigenvalue weighted by Gasteiger charge is 2.06. The maximum atomic E-state index is 13.5. The number of nitrogens with one attached hydrogen (secondary N) is 4. The first-order chi connectivity index (χ1) is 14.7. The fourth-order valence-corrected chi connectivity index (χ4v) is 3.18. The van der Waals surface area contributed by atoms with Gasteiger partial charge >= 0.3 is 0 Å². The molecule has 0 fully saturated rings. The second-order valence-electron chi connectivity index (χ2n) is 6.92. The fourth-order valence-electron chi connectivity index (χ4n) is 3.18. The number of hydrogen-bond acceptors (Lipinski definition) is 2. The van der Waals surface area contributed by atoms with Crippen LogP contribution in [0.25, 0.3) is 10.9 Å². The number of halogens is 2. The Kier molecular flexibility index (Phi) is 10.3. The van der Waals surface area contributed by atoms with Gasteiger partial charge in [0.1, 0.15) is 5.82 Å². The molecule has 1 aromatic heterocycles. The summed E-state index contributed by atoms with van der Waals surface area (Å²) in [6.07, 6.45) is 3.42. The van der Waals surface area contributed by atoms with Gasteiger partial charge in [0.05, 0.1) is 0 Å². The predicted molar refractivity (Wildman–Crippen MR) is 135 cm³/mol. The van der Waals surface area contributed by atoms with Crippen molar-refractivity contribution in [3.8, 4) is 0 Å². The number of rotatable bonds is 9. The summed E-state index contributed by atoms with van der Waals surface area (Å²) in [7, 11) is 0. The maximum Gasteiger partial charge on any atom is 0.251 e. The Hall–Kier alpha value is -2.62. The molecule has 6 nitrogen and oxygen atoms in total. The zero-order valence-electron chi connectivity index (χ0n) is 17.6. The normalized spacial score (nSPS) is 11.1. The van der Waals surface area contributed by atoms with Crippen molar-refractivity contribution in [3.05, 3.63) is 71.7 Å². The summed E-state index contributed by atoms with van der Waals surface area (Å²) >= 11 is 0. The summed E-state index contributed by atoms with van der Waals surface area (Å²) in [6.45, 7) is 4.62. The van der Waals surface area contributed by atoms with Crippen molar-refractivity contribution in [1.29, 1.82) is 0 Å². The molecule has 8 heteroatoms. The molecule has 31 heavy (non-hydrogen) atoms. The molecule has 0 radical (unpaired) electrons. The molecule has 0 unspecified atom stereocenters. The Morgan fingerprint density at radius 1 is 1.06 bits per heavy atom. The van der Waals surface area contributed by atoms with E-state index in [-0.39, 0.29) is 35.7 Å². The summed E-state index contributed by atoms with van der Waals surface area (Å²) in [5, 5.41) is 10.3. The number of fused-ring (bicyclic) bond motifs is 1. The van der Waals surface area contributed by atoms with Crippen LogP contribution in [0.1, 0.15) is 29.3 Å². The van der Waals surface area contributed by atoms with E-state index < -0.39 is 0 Å². The standard InChI is InChI=1S/C23H28FN5O.HI/c1-2-25-23(27-13-6-12-26-22(30)17-7-4-3-5-8-17)28-14-11-18-16-29-21-10-9-19(24)15-20(18)21;/h3-5,7-10,15-16,29H,2,6,11-14H2,1H3,(H,26,30)(H2,25,27,28);1H. The second-order valence-corrected chi connectivity index (χ2v) is 6.92. The number of benzene rings is 2. The lowest BCUT2D eigenvalue weighted by molar-refractivity contribution is 0.0953. The first-order valence-corrected chi connectivity index (χ1v) is 10.3. The molecule has 3 rings (SSSR count). The summed E-state index contributed by atoms with van der Waals surface area (Å²) in [6, 6.07) is 13.9. The zero-order valence-corrected chi connectivity index (χ0v) is 19.9. The van der Waals surface area contributed by atoms with Gasteiger partial charge in [0, 0.05) is 48.8 Å². The molecule has 0 bridgehead atoms. The van der Waals surface area contributed by atoms with Gasteiger partial charge in [0.2, 0.25) is 0 Å². The quantitative estimate of drug-likeness (QED) is 0.145. The smallest absolute Gasteiger partial charge is 0.251 e. The number of nitrogens with zero attached hydrogens (tertiary/aromatic N) is 1. The number of aliphatic imine (C=N–C) groups is 1. The van der Waals surface area contributed by atoms with Gasteiger partial charge in [-0.2, -0.15) is 0 Å². The van der Waals surface area contributed by atoms with Gasteiger partial charge in [-0.25, -0.2) is 4.39 Å². The lowest BCUT2D eigenvalue weighted by Crippen LogP contribution is -2.38.